The molecule has 0 atom stereocenters. The minimum atomic E-state index is -0.462. The minimum Gasteiger partial charge on any atom is -0.258 e. The van der Waals surface area contributed by atoms with E-state index in [1.54, 1.807) is 18.3 Å². The molecule has 3 rings (SSSR count). The van der Waals surface area contributed by atoms with E-state index in [9.17, 15) is 10.1 Å². The number of nitrogens with one attached hydrogen (secondary N) is 1. The van der Waals surface area contributed by atoms with Crippen LogP contribution in [0.25, 0.3) is 17.2 Å². The van der Waals surface area contributed by atoms with Crippen LogP contribution in [0.2, 0.25) is 0 Å². The van der Waals surface area contributed by atoms with E-state index in [0.29, 0.717) is 17.2 Å². The van der Waals surface area contributed by atoms with Crippen molar-refractivity contribution in [3.05, 3.63) is 40.6 Å². The third kappa shape index (κ3) is 2.01. The molecule has 19 heavy (non-hydrogen) atoms. The molecule has 2 aromatic heterocycles. The predicted octanol–water partition coefficient (Wildman–Crippen LogP) is 0.356. The number of aromatic amines is 1. The summed E-state index contributed by atoms with van der Waals surface area (Å²) >= 11 is 0. The molecule has 0 fully saturated rings. The third-order valence-electron chi connectivity index (χ3n) is 2.39. The van der Waals surface area contributed by atoms with Crippen molar-refractivity contribution in [3.63, 3.8) is 0 Å². The Morgan fingerprint density at radius 1 is 1.21 bits per heavy atom. The number of H-pyrrole nitrogens is 1. The highest BCUT2D eigenvalue weighted by Gasteiger charge is 2.10. The molecule has 1 aromatic carbocycles. The van der Waals surface area contributed by atoms with E-state index in [0.717, 1.165) is 0 Å². The molecule has 10 nitrogen and oxygen atoms in total. The first kappa shape index (κ1) is 11.0. The van der Waals surface area contributed by atoms with E-state index < -0.39 is 4.92 Å². The molecule has 0 unspecified atom stereocenters. The highest BCUT2D eigenvalue weighted by Crippen LogP contribution is 2.16. The fourth-order valence-electron chi connectivity index (χ4n) is 1.49. The van der Waals surface area contributed by atoms with Crippen molar-refractivity contribution < 1.29 is 4.92 Å². The molecule has 1 N–H and O–H groups in total. The quantitative estimate of drug-likeness (QED) is 0.530. The van der Waals surface area contributed by atoms with Gasteiger partial charge in [-0.3, -0.25) is 10.1 Å². The largest absolute Gasteiger partial charge is 0.269 e. The van der Waals surface area contributed by atoms with Crippen molar-refractivity contribution in [1.29, 1.82) is 0 Å². The summed E-state index contributed by atoms with van der Waals surface area (Å²) in [5.41, 5.74) is 1.11. The van der Waals surface area contributed by atoms with Gasteiger partial charge in [0.1, 0.15) is 0 Å². The van der Waals surface area contributed by atoms with Gasteiger partial charge in [0.05, 0.1) is 16.8 Å². The Morgan fingerprint density at radius 3 is 2.63 bits per heavy atom. The first-order valence-electron chi connectivity index (χ1n) is 5.15. The lowest BCUT2D eigenvalue weighted by molar-refractivity contribution is -0.384. The molecule has 0 saturated heterocycles. The van der Waals surface area contributed by atoms with Crippen LogP contribution in [0.3, 0.4) is 0 Å². The molecule has 2 heterocycles. The average molecular weight is 258 g/mol. The predicted molar refractivity (Wildman–Crippen MR) is 61.2 cm³/mol. The van der Waals surface area contributed by atoms with Crippen LogP contribution in [0, 0.1) is 10.1 Å². The second-order valence-corrected chi connectivity index (χ2v) is 3.56. The monoisotopic (exact) mass is 258 g/mol. The first-order chi connectivity index (χ1) is 9.24. The number of non-ortho nitro benzene ring substituents is 1. The molecule has 0 amide bonds. The molecular weight excluding hydrogens is 252 g/mol. The summed E-state index contributed by atoms with van der Waals surface area (Å²) in [7, 11) is 0. The van der Waals surface area contributed by atoms with Crippen molar-refractivity contribution in [2.75, 3.05) is 0 Å². The number of nitrogens with zero attached hydrogens (tertiary/aromatic N) is 7. The molecule has 0 aliphatic rings. The summed E-state index contributed by atoms with van der Waals surface area (Å²) in [4.78, 5) is 10.1. The Labute approximate surface area is 105 Å². The average Bonchev–Trinajstić information content (AvgIpc) is 3.10. The zero-order valence-corrected chi connectivity index (χ0v) is 9.33. The number of rotatable bonds is 3. The lowest BCUT2D eigenvalue weighted by Gasteiger charge is -1.98. The zero-order chi connectivity index (χ0) is 13.2. The van der Waals surface area contributed by atoms with E-state index in [4.69, 9.17) is 0 Å². The van der Waals surface area contributed by atoms with Crippen LogP contribution in [0.1, 0.15) is 0 Å². The molecule has 0 aliphatic heterocycles. The maximum atomic E-state index is 10.6. The summed E-state index contributed by atoms with van der Waals surface area (Å²) in [5.74, 6) is 0.327. The number of aromatic nitrogens is 7. The van der Waals surface area contributed by atoms with Crippen molar-refractivity contribution in [3.8, 4) is 17.2 Å². The number of benzene rings is 1. The lowest BCUT2D eigenvalue weighted by Crippen LogP contribution is -1.95. The molecule has 0 radical (unpaired) electrons. The van der Waals surface area contributed by atoms with Gasteiger partial charge in [-0.15, -0.1) is 15.3 Å². The molecule has 0 spiro atoms. The topological polar surface area (TPSA) is 128 Å². The van der Waals surface area contributed by atoms with Gasteiger partial charge in [0.15, 0.2) is 5.69 Å². The fourth-order valence-corrected chi connectivity index (χ4v) is 1.49. The Balaban J connectivity index is 1.92. The zero-order valence-electron chi connectivity index (χ0n) is 9.33. The standard InChI is InChI=1S/C9H6N8O2/c18-17(19)7-3-1-6(2-4-7)16-5-8(10-15-16)9-11-13-14-12-9/h1-5H,(H,11,12,13,14). The van der Waals surface area contributed by atoms with Gasteiger partial charge in [-0.1, -0.05) is 5.21 Å². The Bertz CT molecular complexity index is 702. The molecule has 0 bridgehead atoms. The number of tetrazole rings is 1. The van der Waals surface area contributed by atoms with Crippen LogP contribution in [-0.2, 0) is 0 Å². The van der Waals surface area contributed by atoms with Crippen molar-refractivity contribution in [1.82, 2.24) is 35.6 Å². The molecule has 94 valence electrons. The highest BCUT2D eigenvalue weighted by molar-refractivity contribution is 5.47. The fraction of sp³-hybridized carbons (Fsp3) is 0. The highest BCUT2D eigenvalue weighted by atomic mass is 16.6. The summed E-state index contributed by atoms with van der Waals surface area (Å²) < 4.78 is 1.47. The summed E-state index contributed by atoms with van der Waals surface area (Å²) in [6, 6.07) is 5.94. The van der Waals surface area contributed by atoms with Crippen LogP contribution in [0.4, 0.5) is 5.69 Å². The molecular formula is C9H6N8O2. The Kier molecular flexibility index (Phi) is 2.45. The second kappa shape index (κ2) is 4.25. The normalized spacial score (nSPS) is 10.5. The molecule has 0 aliphatic carbocycles. The number of nitro benzene ring substituents is 1. The molecule has 10 heteroatoms. The van der Waals surface area contributed by atoms with Gasteiger partial charge in [0.2, 0.25) is 5.82 Å². The maximum absolute atomic E-state index is 10.6. The SMILES string of the molecule is O=[N+]([O-])c1ccc(-n2cc(-c3nn[nH]n3)nn2)cc1. The van der Waals surface area contributed by atoms with E-state index in [1.807, 2.05) is 0 Å². The smallest absolute Gasteiger partial charge is 0.258 e. The van der Waals surface area contributed by atoms with Crippen molar-refractivity contribution >= 4 is 5.69 Å². The van der Waals surface area contributed by atoms with Crippen molar-refractivity contribution in [2.24, 2.45) is 0 Å². The summed E-state index contributed by atoms with van der Waals surface area (Å²) in [5, 5.41) is 31.6. The maximum Gasteiger partial charge on any atom is 0.269 e. The molecule has 0 saturated carbocycles. The van der Waals surface area contributed by atoms with Gasteiger partial charge in [-0.05, 0) is 17.3 Å². The lowest BCUT2D eigenvalue weighted by atomic mass is 10.3. The Morgan fingerprint density at radius 2 is 2.00 bits per heavy atom. The van der Waals surface area contributed by atoms with E-state index >= 15 is 0 Å². The van der Waals surface area contributed by atoms with Gasteiger partial charge in [0.25, 0.3) is 5.69 Å². The van der Waals surface area contributed by atoms with E-state index in [2.05, 4.69) is 30.9 Å². The second-order valence-electron chi connectivity index (χ2n) is 3.56. The Hall–Kier alpha value is -3.17. The number of nitro groups is 1. The van der Waals surface area contributed by atoms with Crippen LogP contribution < -0.4 is 0 Å². The number of hydrogen-bond donors (Lipinski definition) is 1. The van der Waals surface area contributed by atoms with E-state index in [-0.39, 0.29) is 5.69 Å². The van der Waals surface area contributed by atoms with Crippen LogP contribution >= 0.6 is 0 Å². The van der Waals surface area contributed by atoms with Gasteiger partial charge < -0.3 is 0 Å². The third-order valence-corrected chi connectivity index (χ3v) is 2.39. The van der Waals surface area contributed by atoms with Crippen LogP contribution in [0.5, 0.6) is 0 Å². The van der Waals surface area contributed by atoms with E-state index in [1.165, 1.54) is 16.8 Å². The summed E-state index contributed by atoms with van der Waals surface area (Å²) in [6.07, 6.45) is 1.60. The number of hydrogen-bond acceptors (Lipinski definition) is 7. The van der Waals surface area contributed by atoms with Gasteiger partial charge in [0, 0.05) is 12.1 Å². The van der Waals surface area contributed by atoms with Crippen LogP contribution in [-0.4, -0.2) is 40.5 Å². The molecule has 3 aromatic rings. The van der Waals surface area contributed by atoms with Gasteiger partial charge >= 0.3 is 0 Å². The first-order valence-corrected chi connectivity index (χ1v) is 5.15. The van der Waals surface area contributed by atoms with Crippen LogP contribution in [0.15, 0.2) is 30.5 Å². The van der Waals surface area contributed by atoms with Gasteiger partial charge in [-0.25, -0.2) is 4.68 Å². The van der Waals surface area contributed by atoms with Crippen molar-refractivity contribution in [2.45, 2.75) is 0 Å². The van der Waals surface area contributed by atoms with Gasteiger partial charge in [-0.2, -0.15) is 5.21 Å². The summed E-state index contributed by atoms with van der Waals surface area (Å²) in [6.45, 7) is 0. The minimum absolute atomic E-state index is 0.0160.